The Morgan fingerprint density at radius 2 is 1.50 bits per heavy atom. The molecule has 0 unspecified atom stereocenters. The van der Waals surface area contributed by atoms with Gasteiger partial charge in [-0.05, 0) is 39.8 Å². The van der Waals surface area contributed by atoms with Crippen molar-refractivity contribution in [2.24, 2.45) is 0 Å². The van der Waals surface area contributed by atoms with E-state index < -0.39 is 0 Å². The van der Waals surface area contributed by atoms with Gasteiger partial charge in [0.2, 0.25) is 0 Å². The summed E-state index contributed by atoms with van der Waals surface area (Å²) in [5, 5.41) is 0.536. The molecule has 2 aromatic carbocycles. The second-order valence-corrected chi connectivity index (χ2v) is 5.11. The summed E-state index contributed by atoms with van der Waals surface area (Å²) < 4.78 is 6.64. The summed E-state index contributed by atoms with van der Waals surface area (Å²) in [6, 6.07) is 18.0. The molecule has 0 amide bonds. The van der Waals surface area contributed by atoms with E-state index in [-0.39, 0.29) is 0 Å². The van der Waals surface area contributed by atoms with Crippen LogP contribution < -0.4 is 0 Å². The largest absolute Gasteiger partial charge is 0.443 e. The number of halogens is 1. The van der Waals surface area contributed by atoms with Crippen molar-refractivity contribution in [1.29, 1.82) is 0 Å². The van der Waals surface area contributed by atoms with Crippen molar-refractivity contribution in [2.75, 3.05) is 0 Å². The molecule has 18 heavy (non-hydrogen) atoms. The fourth-order valence-corrected chi connectivity index (χ4v) is 2.76. The average molecular weight is 317 g/mol. The molecule has 3 rings (SSSR count). The summed E-state index contributed by atoms with van der Waals surface area (Å²) in [6.07, 6.45) is 0. The van der Waals surface area contributed by atoms with Crippen LogP contribution in [0.15, 0.2) is 54.6 Å². The second-order valence-electron chi connectivity index (χ2n) is 3.94. The molecular weight excluding hydrogens is 308 g/mol. The van der Waals surface area contributed by atoms with Gasteiger partial charge >= 0.3 is 0 Å². The molecular formula is C15H9BrOS. The van der Waals surface area contributed by atoms with Crippen molar-refractivity contribution in [2.45, 2.75) is 0 Å². The summed E-state index contributed by atoms with van der Waals surface area (Å²) in [5.74, 6) is 0.793. The summed E-state index contributed by atoms with van der Waals surface area (Å²) in [5.41, 5.74) is 3.10. The quantitative estimate of drug-likeness (QED) is 0.710. The Kier molecular flexibility index (Phi) is 3.02. The summed E-state index contributed by atoms with van der Waals surface area (Å²) >= 11 is 8.85. The first-order chi connectivity index (χ1) is 8.77. The van der Waals surface area contributed by atoms with Gasteiger partial charge in [-0.2, -0.15) is 0 Å². The molecule has 3 heteroatoms. The number of thiocarbonyl (C=S) groups is 1. The van der Waals surface area contributed by atoms with E-state index in [0.717, 1.165) is 26.9 Å². The predicted octanol–water partition coefficient (Wildman–Crippen LogP) is 4.61. The molecule has 0 spiro atoms. The van der Waals surface area contributed by atoms with Crippen molar-refractivity contribution in [1.82, 2.24) is 0 Å². The van der Waals surface area contributed by atoms with Crippen LogP contribution in [0.25, 0.3) is 10.2 Å². The van der Waals surface area contributed by atoms with Gasteiger partial charge in [-0.25, -0.2) is 0 Å². The van der Waals surface area contributed by atoms with Crippen LogP contribution in [-0.2, 0) is 4.74 Å². The van der Waals surface area contributed by atoms with Gasteiger partial charge in [0.1, 0.15) is 0 Å². The van der Waals surface area contributed by atoms with E-state index in [0.29, 0.717) is 5.05 Å². The van der Waals surface area contributed by atoms with Gasteiger partial charge in [-0.15, -0.1) is 0 Å². The van der Waals surface area contributed by atoms with Gasteiger partial charge in [-0.3, -0.25) is 0 Å². The highest BCUT2D eigenvalue weighted by atomic mass is 79.9. The highest BCUT2D eigenvalue weighted by Gasteiger charge is 2.25. The zero-order chi connectivity index (χ0) is 12.5. The molecule has 88 valence electrons. The smallest absolute Gasteiger partial charge is 0.198 e. The lowest BCUT2D eigenvalue weighted by molar-refractivity contribution is 0.541. The molecule has 0 saturated heterocycles. The average Bonchev–Trinajstić information content (AvgIpc) is 2.77. The van der Waals surface area contributed by atoms with Crippen LogP contribution in [0.5, 0.6) is 0 Å². The molecule has 1 aliphatic heterocycles. The SMILES string of the molecule is S=C1OC(=C(Br)c2ccccc2)c2ccccc21. The van der Waals surface area contributed by atoms with Crippen LogP contribution in [0, 0.1) is 0 Å². The Hall–Kier alpha value is -1.45. The van der Waals surface area contributed by atoms with Crippen LogP contribution in [0.3, 0.4) is 0 Å². The molecule has 0 radical (unpaired) electrons. The Morgan fingerprint density at radius 1 is 0.889 bits per heavy atom. The van der Waals surface area contributed by atoms with Crippen LogP contribution >= 0.6 is 28.1 Å². The van der Waals surface area contributed by atoms with Crippen LogP contribution in [0.1, 0.15) is 16.7 Å². The fraction of sp³-hybridized carbons (Fsp3) is 0. The fourth-order valence-electron chi connectivity index (χ4n) is 1.94. The minimum absolute atomic E-state index is 0.536. The number of ether oxygens (including phenoxy) is 1. The monoisotopic (exact) mass is 316 g/mol. The predicted molar refractivity (Wildman–Crippen MR) is 81.4 cm³/mol. The minimum atomic E-state index is 0.536. The molecule has 0 bridgehead atoms. The zero-order valence-electron chi connectivity index (χ0n) is 9.39. The molecule has 1 aliphatic rings. The maximum Gasteiger partial charge on any atom is 0.198 e. The third-order valence-electron chi connectivity index (χ3n) is 2.81. The molecule has 0 atom stereocenters. The number of benzene rings is 2. The van der Waals surface area contributed by atoms with E-state index in [9.17, 15) is 0 Å². The van der Waals surface area contributed by atoms with Gasteiger partial charge in [0.25, 0.3) is 0 Å². The van der Waals surface area contributed by atoms with E-state index >= 15 is 0 Å². The Bertz CT molecular complexity index is 647. The van der Waals surface area contributed by atoms with Crippen LogP contribution in [0.4, 0.5) is 0 Å². The molecule has 0 aromatic heterocycles. The van der Waals surface area contributed by atoms with Crippen molar-refractivity contribution >= 4 is 43.4 Å². The number of hydrogen-bond acceptors (Lipinski definition) is 2. The number of rotatable bonds is 1. The van der Waals surface area contributed by atoms with Crippen LogP contribution in [-0.4, -0.2) is 5.05 Å². The molecule has 0 aliphatic carbocycles. The molecule has 2 aromatic rings. The van der Waals surface area contributed by atoms with Gasteiger partial charge < -0.3 is 4.74 Å². The highest BCUT2D eigenvalue weighted by molar-refractivity contribution is 9.15. The summed E-state index contributed by atoms with van der Waals surface area (Å²) in [4.78, 5) is 0. The minimum Gasteiger partial charge on any atom is -0.443 e. The first-order valence-corrected chi connectivity index (χ1v) is 6.74. The normalized spacial score (nSPS) is 16.2. The van der Waals surface area contributed by atoms with E-state index in [1.165, 1.54) is 0 Å². The summed E-state index contributed by atoms with van der Waals surface area (Å²) in [6.45, 7) is 0. The Balaban J connectivity index is 2.17. The first-order valence-electron chi connectivity index (χ1n) is 5.54. The third-order valence-corrected chi connectivity index (χ3v) is 3.93. The van der Waals surface area contributed by atoms with Gasteiger partial charge in [0.05, 0.1) is 4.48 Å². The van der Waals surface area contributed by atoms with Gasteiger partial charge in [0.15, 0.2) is 10.8 Å². The third kappa shape index (κ3) is 1.89. The van der Waals surface area contributed by atoms with E-state index in [1.807, 2.05) is 54.6 Å². The molecule has 0 fully saturated rings. The Labute approximate surface area is 119 Å². The highest BCUT2D eigenvalue weighted by Crippen LogP contribution is 2.38. The zero-order valence-corrected chi connectivity index (χ0v) is 11.8. The van der Waals surface area contributed by atoms with E-state index in [1.54, 1.807) is 0 Å². The van der Waals surface area contributed by atoms with E-state index in [4.69, 9.17) is 17.0 Å². The summed E-state index contributed by atoms with van der Waals surface area (Å²) in [7, 11) is 0. The first kappa shape index (κ1) is 11.6. The van der Waals surface area contributed by atoms with Crippen molar-refractivity contribution in [3.8, 4) is 0 Å². The number of fused-ring (bicyclic) bond motifs is 1. The van der Waals surface area contributed by atoms with Crippen molar-refractivity contribution in [3.05, 3.63) is 71.3 Å². The molecule has 1 heterocycles. The van der Waals surface area contributed by atoms with Crippen molar-refractivity contribution in [3.63, 3.8) is 0 Å². The maximum atomic E-state index is 5.71. The molecule has 1 nitrogen and oxygen atoms in total. The van der Waals surface area contributed by atoms with E-state index in [2.05, 4.69) is 15.9 Å². The lowest BCUT2D eigenvalue weighted by atomic mass is 10.1. The standard InChI is InChI=1S/C15H9BrOS/c16-13(10-6-2-1-3-7-10)14-11-8-4-5-9-12(11)15(18)17-14/h1-9H. The Morgan fingerprint density at radius 3 is 2.22 bits per heavy atom. The van der Waals surface area contributed by atoms with Crippen LogP contribution in [0.2, 0.25) is 0 Å². The number of hydrogen-bond donors (Lipinski definition) is 0. The molecule has 0 N–H and O–H groups in total. The van der Waals surface area contributed by atoms with Gasteiger partial charge in [0, 0.05) is 11.1 Å². The topological polar surface area (TPSA) is 9.23 Å². The lowest BCUT2D eigenvalue weighted by Gasteiger charge is -2.05. The maximum absolute atomic E-state index is 5.71. The van der Waals surface area contributed by atoms with Crippen molar-refractivity contribution < 1.29 is 4.74 Å². The molecule has 0 saturated carbocycles. The second kappa shape index (κ2) is 4.67. The van der Waals surface area contributed by atoms with Gasteiger partial charge in [-0.1, -0.05) is 48.5 Å². The lowest BCUT2D eigenvalue weighted by Crippen LogP contribution is -1.90.